The average molecular weight is 401 g/mol. The normalized spacial score (nSPS) is 24.2. The number of anilines is 1. The number of benzene rings is 2. The van der Waals surface area contributed by atoms with Crippen LogP contribution in [0, 0.1) is 0 Å². The van der Waals surface area contributed by atoms with Crippen LogP contribution in [0.25, 0.3) is 0 Å². The summed E-state index contributed by atoms with van der Waals surface area (Å²) < 4.78 is 6.41. The molecule has 25 heavy (non-hydrogen) atoms. The second-order valence-corrected chi connectivity index (χ2v) is 7.37. The molecule has 2 aromatic carbocycles. The Bertz CT molecular complexity index is 837. The molecule has 0 aromatic heterocycles. The molecule has 2 aliphatic heterocycles. The fourth-order valence-corrected chi connectivity index (χ4v) is 3.81. The zero-order valence-corrected chi connectivity index (χ0v) is 15.0. The summed E-state index contributed by atoms with van der Waals surface area (Å²) in [6.07, 6.45) is 0.412. The maximum Gasteiger partial charge on any atom is 0.323 e. The molecule has 2 N–H and O–H groups in total. The second-order valence-electron chi connectivity index (χ2n) is 6.45. The summed E-state index contributed by atoms with van der Waals surface area (Å²) in [5.74, 6) is -0.374. The van der Waals surface area contributed by atoms with Crippen molar-refractivity contribution in [2.75, 3.05) is 11.9 Å². The molecule has 5 nitrogen and oxygen atoms in total. The van der Waals surface area contributed by atoms with Crippen LogP contribution >= 0.6 is 15.9 Å². The number of halogens is 1. The third-order valence-electron chi connectivity index (χ3n) is 4.91. The minimum Gasteiger partial charge on any atom is -0.460 e. The van der Waals surface area contributed by atoms with Crippen molar-refractivity contribution in [3.63, 3.8) is 0 Å². The molecule has 0 unspecified atom stereocenters. The van der Waals surface area contributed by atoms with Gasteiger partial charge in [-0.1, -0.05) is 46.3 Å². The van der Waals surface area contributed by atoms with E-state index in [2.05, 4.69) is 26.6 Å². The number of para-hydroxylation sites is 1. The van der Waals surface area contributed by atoms with Crippen LogP contribution in [-0.2, 0) is 26.3 Å². The Hall–Kier alpha value is -2.18. The van der Waals surface area contributed by atoms with Crippen LogP contribution in [0.5, 0.6) is 0 Å². The Morgan fingerprint density at radius 1 is 1.20 bits per heavy atom. The van der Waals surface area contributed by atoms with Gasteiger partial charge in [-0.2, -0.15) is 0 Å². The molecule has 2 heterocycles. The summed E-state index contributed by atoms with van der Waals surface area (Å²) >= 11 is 3.38. The predicted molar refractivity (Wildman–Crippen MR) is 97.1 cm³/mol. The van der Waals surface area contributed by atoms with Gasteiger partial charge in [-0.3, -0.25) is 9.59 Å². The fraction of sp³-hybridized carbons (Fsp3) is 0.263. The number of carbonyl (C=O) groups is 2. The Balaban J connectivity index is 1.44. The van der Waals surface area contributed by atoms with Gasteiger partial charge in [-0.05, 0) is 35.7 Å². The molecular weight excluding hydrogens is 384 g/mol. The lowest BCUT2D eigenvalue weighted by Gasteiger charge is -2.20. The van der Waals surface area contributed by atoms with Crippen molar-refractivity contribution in [2.24, 2.45) is 0 Å². The molecule has 1 saturated heterocycles. The minimum absolute atomic E-state index is 0.0515. The number of esters is 1. The van der Waals surface area contributed by atoms with E-state index in [9.17, 15) is 9.59 Å². The largest absolute Gasteiger partial charge is 0.460 e. The first-order valence-electron chi connectivity index (χ1n) is 8.14. The van der Waals surface area contributed by atoms with Crippen LogP contribution in [-0.4, -0.2) is 24.5 Å². The van der Waals surface area contributed by atoms with Crippen molar-refractivity contribution >= 4 is 33.5 Å². The average Bonchev–Trinajstić information content (AvgIpc) is 3.18. The van der Waals surface area contributed by atoms with Crippen LogP contribution < -0.4 is 10.6 Å². The Morgan fingerprint density at radius 2 is 1.96 bits per heavy atom. The fourth-order valence-electron chi connectivity index (χ4n) is 3.54. The molecule has 128 valence electrons. The standard InChI is InChI=1S/C19H17BrN2O3/c20-13-7-5-12(6-8-13)10-25-17(23)16-9-19(11-21-16)14-3-1-2-4-15(14)22-18(19)24/h1-8,16,21H,9-11H2,(H,22,24)/t16-,19-/m1/s1. The van der Waals surface area contributed by atoms with Gasteiger partial charge in [-0.15, -0.1) is 0 Å². The van der Waals surface area contributed by atoms with Gasteiger partial charge in [0.2, 0.25) is 5.91 Å². The SMILES string of the molecule is O=C(OCc1ccc(Br)cc1)[C@H]1C[C@]2(CN1)C(=O)Nc1ccccc12. The van der Waals surface area contributed by atoms with Crippen LogP contribution in [0.3, 0.4) is 0 Å². The quantitative estimate of drug-likeness (QED) is 0.777. The topological polar surface area (TPSA) is 67.4 Å². The van der Waals surface area contributed by atoms with Crippen LogP contribution in [0.1, 0.15) is 17.5 Å². The second kappa shape index (κ2) is 6.28. The lowest BCUT2D eigenvalue weighted by atomic mass is 9.79. The lowest BCUT2D eigenvalue weighted by Crippen LogP contribution is -2.36. The molecule has 1 amide bonds. The first-order chi connectivity index (χ1) is 12.1. The molecule has 1 fully saturated rings. The van der Waals surface area contributed by atoms with E-state index in [-0.39, 0.29) is 18.5 Å². The van der Waals surface area contributed by atoms with E-state index in [1.807, 2.05) is 48.5 Å². The van der Waals surface area contributed by atoms with Crippen molar-refractivity contribution < 1.29 is 14.3 Å². The zero-order valence-electron chi connectivity index (χ0n) is 13.4. The summed E-state index contributed by atoms with van der Waals surface area (Å²) in [6.45, 7) is 0.661. The summed E-state index contributed by atoms with van der Waals surface area (Å²) in [7, 11) is 0. The van der Waals surface area contributed by atoms with E-state index < -0.39 is 11.5 Å². The van der Waals surface area contributed by atoms with Gasteiger partial charge in [0.05, 0.1) is 5.41 Å². The molecule has 2 atom stereocenters. The van der Waals surface area contributed by atoms with Gasteiger partial charge in [0.1, 0.15) is 12.6 Å². The highest BCUT2D eigenvalue weighted by Crippen LogP contribution is 2.43. The van der Waals surface area contributed by atoms with Crippen molar-refractivity contribution in [3.05, 3.63) is 64.1 Å². The predicted octanol–water partition coefficient (Wildman–Crippen LogP) is 2.74. The van der Waals surface area contributed by atoms with Gasteiger partial charge in [0.25, 0.3) is 0 Å². The molecule has 1 spiro atoms. The Labute approximate surface area is 153 Å². The number of hydrogen-bond acceptors (Lipinski definition) is 4. The molecule has 4 rings (SSSR count). The highest BCUT2D eigenvalue weighted by atomic mass is 79.9. The monoisotopic (exact) mass is 400 g/mol. The zero-order chi connectivity index (χ0) is 17.4. The van der Waals surface area contributed by atoms with E-state index in [1.54, 1.807) is 0 Å². The van der Waals surface area contributed by atoms with Gasteiger partial charge in [0, 0.05) is 16.7 Å². The lowest BCUT2D eigenvalue weighted by molar-refractivity contribution is -0.147. The highest BCUT2D eigenvalue weighted by molar-refractivity contribution is 9.10. The maximum atomic E-state index is 12.5. The minimum atomic E-state index is -0.683. The molecule has 0 saturated carbocycles. The third-order valence-corrected chi connectivity index (χ3v) is 5.44. The summed E-state index contributed by atoms with van der Waals surface area (Å²) in [6, 6.07) is 14.8. The number of rotatable bonds is 3. The number of nitrogens with one attached hydrogen (secondary N) is 2. The van der Waals surface area contributed by atoms with Crippen LogP contribution in [0.15, 0.2) is 53.0 Å². The van der Waals surface area contributed by atoms with Crippen molar-refractivity contribution in [2.45, 2.75) is 24.5 Å². The third kappa shape index (κ3) is 2.85. The summed E-state index contributed by atoms with van der Waals surface area (Å²) in [4.78, 5) is 24.9. The van der Waals surface area contributed by atoms with E-state index in [0.29, 0.717) is 13.0 Å². The maximum absolute atomic E-state index is 12.5. The van der Waals surface area contributed by atoms with Gasteiger partial charge < -0.3 is 15.4 Å². The van der Waals surface area contributed by atoms with E-state index in [4.69, 9.17) is 4.74 Å². The molecule has 2 aromatic rings. The molecule has 2 aliphatic rings. The summed E-state index contributed by atoms with van der Waals surface area (Å²) in [5.41, 5.74) is 2.03. The molecule has 0 radical (unpaired) electrons. The van der Waals surface area contributed by atoms with Crippen molar-refractivity contribution in [1.82, 2.24) is 5.32 Å². The highest BCUT2D eigenvalue weighted by Gasteiger charge is 2.53. The van der Waals surface area contributed by atoms with E-state index in [0.717, 1.165) is 21.3 Å². The Kier molecular flexibility index (Phi) is 4.09. The number of carbonyl (C=O) groups excluding carboxylic acids is 2. The summed E-state index contributed by atoms with van der Waals surface area (Å²) in [5, 5.41) is 6.08. The first kappa shape index (κ1) is 16.3. The Morgan fingerprint density at radius 3 is 2.76 bits per heavy atom. The van der Waals surface area contributed by atoms with Crippen LogP contribution in [0.2, 0.25) is 0 Å². The van der Waals surface area contributed by atoms with Crippen LogP contribution in [0.4, 0.5) is 5.69 Å². The molecular formula is C19H17BrN2O3. The number of fused-ring (bicyclic) bond motifs is 2. The number of amides is 1. The molecule has 0 aliphatic carbocycles. The molecule has 0 bridgehead atoms. The van der Waals surface area contributed by atoms with Gasteiger partial charge in [-0.25, -0.2) is 0 Å². The van der Waals surface area contributed by atoms with Gasteiger partial charge >= 0.3 is 5.97 Å². The van der Waals surface area contributed by atoms with E-state index >= 15 is 0 Å². The van der Waals surface area contributed by atoms with Crippen molar-refractivity contribution in [3.8, 4) is 0 Å². The number of ether oxygens (including phenoxy) is 1. The molecule has 6 heteroatoms. The first-order valence-corrected chi connectivity index (χ1v) is 8.93. The number of hydrogen-bond donors (Lipinski definition) is 2. The smallest absolute Gasteiger partial charge is 0.323 e. The van der Waals surface area contributed by atoms with Crippen molar-refractivity contribution in [1.29, 1.82) is 0 Å². The van der Waals surface area contributed by atoms with E-state index in [1.165, 1.54) is 0 Å². The van der Waals surface area contributed by atoms with Gasteiger partial charge in [0.15, 0.2) is 0 Å².